The van der Waals surface area contributed by atoms with Crippen molar-refractivity contribution >= 4 is 29.9 Å². The van der Waals surface area contributed by atoms with Gasteiger partial charge in [0.2, 0.25) is 0 Å². The Bertz CT molecular complexity index is 794. The van der Waals surface area contributed by atoms with Crippen molar-refractivity contribution in [3.63, 3.8) is 0 Å². The fourth-order valence-corrected chi connectivity index (χ4v) is 4.60. The summed E-state index contributed by atoms with van der Waals surface area (Å²) in [4.78, 5) is 9.61. The van der Waals surface area contributed by atoms with Crippen molar-refractivity contribution < 1.29 is 4.39 Å². The Balaban J connectivity index is 0.00000240. The van der Waals surface area contributed by atoms with Gasteiger partial charge in [0.15, 0.2) is 5.96 Å². The molecule has 2 aliphatic rings. The third-order valence-electron chi connectivity index (χ3n) is 6.17. The lowest BCUT2D eigenvalue weighted by Gasteiger charge is -2.37. The van der Waals surface area contributed by atoms with Crippen LogP contribution in [0.2, 0.25) is 0 Å². The molecule has 0 aromatic heterocycles. The molecule has 156 valence electrons. The highest BCUT2D eigenvalue weighted by atomic mass is 127. The first-order chi connectivity index (χ1) is 13.7. The minimum Gasteiger partial charge on any atom is -0.343 e. The number of aryl methyl sites for hydroxylation is 1. The molecule has 2 heterocycles. The van der Waals surface area contributed by atoms with E-state index in [1.807, 2.05) is 12.1 Å². The van der Waals surface area contributed by atoms with Gasteiger partial charge in [-0.1, -0.05) is 42.5 Å². The summed E-state index contributed by atoms with van der Waals surface area (Å²) in [5.41, 5.74) is 2.58. The van der Waals surface area contributed by atoms with Crippen LogP contribution in [0.4, 0.5) is 4.39 Å². The summed E-state index contributed by atoms with van der Waals surface area (Å²) in [5.74, 6) is 1.68. The summed E-state index contributed by atoms with van der Waals surface area (Å²) in [5, 5.41) is 0. The average molecular weight is 507 g/mol. The van der Waals surface area contributed by atoms with Crippen LogP contribution in [0.25, 0.3) is 0 Å². The molecule has 1 fully saturated rings. The van der Waals surface area contributed by atoms with Crippen LogP contribution in [-0.2, 0) is 6.42 Å². The first-order valence-corrected chi connectivity index (χ1v) is 10.5. The summed E-state index contributed by atoms with van der Waals surface area (Å²) < 4.78 is 13.2. The van der Waals surface area contributed by atoms with Crippen LogP contribution >= 0.6 is 24.0 Å². The lowest BCUT2D eigenvalue weighted by Crippen LogP contribution is -2.46. The van der Waals surface area contributed by atoms with Crippen molar-refractivity contribution in [2.45, 2.75) is 38.1 Å². The van der Waals surface area contributed by atoms with Gasteiger partial charge >= 0.3 is 0 Å². The van der Waals surface area contributed by atoms with Gasteiger partial charge in [-0.15, -0.1) is 24.0 Å². The van der Waals surface area contributed by atoms with E-state index in [9.17, 15) is 4.39 Å². The first-order valence-electron chi connectivity index (χ1n) is 10.5. The quantitative estimate of drug-likeness (QED) is 0.497. The molecule has 5 heteroatoms. The van der Waals surface area contributed by atoms with Crippen LogP contribution in [0.3, 0.4) is 0 Å². The lowest BCUT2D eigenvalue weighted by molar-refractivity contribution is 0.221. The summed E-state index contributed by atoms with van der Waals surface area (Å²) >= 11 is 0. The zero-order valence-electron chi connectivity index (χ0n) is 17.1. The molecule has 0 saturated carbocycles. The van der Waals surface area contributed by atoms with Crippen LogP contribution in [-0.4, -0.2) is 42.4 Å². The van der Waals surface area contributed by atoms with Gasteiger partial charge in [-0.3, -0.25) is 4.99 Å². The molecular weight excluding hydrogens is 476 g/mol. The van der Waals surface area contributed by atoms with Crippen molar-refractivity contribution in [2.24, 2.45) is 10.9 Å². The van der Waals surface area contributed by atoms with E-state index < -0.39 is 0 Å². The number of hydrogen-bond acceptors (Lipinski definition) is 3. The van der Waals surface area contributed by atoms with Gasteiger partial charge in [0.25, 0.3) is 0 Å². The monoisotopic (exact) mass is 507 g/mol. The van der Waals surface area contributed by atoms with Gasteiger partial charge in [0, 0.05) is 20.1 Å². The average Bonchev–Trinajstić information content (AvgIpc) is 3.11. The number of hydrogen-bond donors (Lipinski definition) is 0. The Morgan fingerprint density at radius 2 is 1.83 bits per heavy atom. The van der Waals surface area contributed by atoms with Gasteiger partial charge in [-0.2, -0.15) is 0 Å². The fraction of sp³-hybridized carbons (Fsp3) is 0.458. The van der Waals surface area contributed by atoms with Crippen LogP contribution in [0.1, 0.15) is 42.9 Å². The van der Waals surface area contributed by atoms with E-state index in [2.05, 4.69) is 47.2 Å². The van der Waals surface area contributed by atoms with E-state index in [1.165, 1.54) is 37.7 Å². The standard InChI is InChI=1S/C24H30FN3.HI/c1-27-23(21-12-14-22(25)15-13-21)17-26-24(27)28-16-6-11-20(18-28)10-5-9-19-7-3-2-4-8-19;/h2-4,7-8,12-15,20,23H,5-6,9-11,16-18H2,1H3;1H. The minimum absolute atomic E-state index is 0. The van der Waals surface area contributed by atoms with Crippen LogP contribution in [0.5, 0.6) is 0 Å². The molecule has 2 aromatic carbocycles. The third-order valence-corrected chi connectivity index (χ3v) is 6.17. The second kappa shape index (κ2) is 10.4. The second-order valence-electron chi connectivity index (χ2n) is 8.15. The number of nitrogens with zero attached hydrogens (tertiary/aromatic N) is 3. The predicted molar refractivity (Wildman–Crippen MR) is 128 cm³/mol. The zero-order valence-corrected chi connectivity index (χ0v) is 19.5. The molecule has 3 nitrogen and oxygen atoms in total. The smallest absolute Gasteiger partial charge is 0.197 e. The third kappa shape index (κ3) is 5.50. The first kappa shape index (κ1) is 22.1. The topological polar surface area (TPSA) is 18.8 Å². The lowest BCUT2D eigenvalue weighted by atomic mass is 9.92. The van der Waals surface area contributed by atoms with Gasteiger partial charge in [0.05, 0.1) is 12.6 Å². The highest BCUT2D eigenvalue weighted by molar-refractivity contribution is 14.0. The number of likely N-dealkylation sites (N-methyl/N-ethyl adjacent to an activating group) is 1. The molecule has 2 aromatic rings. The van der Waals surface area contributed by atoms with Crippen LogP contribution < -0.4 is 0 Å². The normalized spacial score (nSPS) is 21.7. The molecular formula is C24H31FIN3. The number of halogens is 2. The highest BCUT2D eigenvalue weighted by Gasteiger charge is 2.31. The predicted octanol–water partition coefficient (Wildman–Crippen LogP) is 5.52. The Labute approximate surface area is 191 Å². The fourth-order valence-electron chi connectivity index (χ4n) is 4.60. The molecule has 0 bridgehead atoms. The molecule has 2 atom stereocenters. The molecule has 0 spiro atoms. The Hall–Kier alpha value is -1.63. The van der Waals surface area contributed by atoms with Gasteiger partial charge in [-0.25, -0.2) is 4.39 Å². The SMILES string of the molecule is CN1C(N2CCCC(CCCc3ccccc3)C2)=NCC1c1ccc(F)cc1.I. The van der Waals surface area contributed by atoms with E-state index >= 15 is 0 Å². The molecule has 2 unspecified atom stereocenters. The second-order valence-corrected chi connectivity index (χ2v) is 8.15. The van der Waals surface area contributed by atoms with Gasteiger partial charge in [-0.05, 0) is 61.3 Å². The molecule has 1 saturated heterocycles. The summed E-state index contributed by atoms with van der Waals surface area (Å²) in [6.45, 7) is 2.95. The maximum Gasteiger partial charge on any atom is 0.197 e. The van der Waals surface area contributed by atoms with E-state index in [0.717, 1.165) is 37.1 Å². The van der Waals surface area contributed by atoms with Crippen molar-refractivity contribution in [3.8, 4) is 0 Å². The number of aliphatic imine (C=N–C) groups is 1. The molecule has 4 rings (SSSR count). The van der Waals surface area contributed by atoms with E-state index in [1.54, 1.807) is 12.1 Å². The number of guanidine groups is 1. The van der Waals surface area contributed by atoms with Crippen LogP contribution in [0.15, 0.2) is 59.6 Å². The van der Waals surface area contributed by atoms with Crippen molar-refractivity contribution in [1.82, 2.24) is 9.80 Å². The molecule has 0 N–H and O–H groups in total. The van der Waals surface area contributed by atoms with E-state index in [-0.39, 0.29) is 35.8 Å². The molecule has 2 aliphatic heterocycles. The number of piperidine rings is 1. The maximum absolute atomic E-state index is 13.2. The van der Waals surface area contributed by atoms with E-state index in [4.69, 9.17) is 4.99 Å². The van der Waals surface area contributed by atoms with E-state index in [0.29, 0.717) is 0 Å². The van der Waals surface area contributed by atoms with Crippen molar-refractivity contribution in [1.29, 1.82) is 0 Å². The minimum atomic E-state index is -0.181. The number of rotatable bonds is 5. The molecule has 0 amide bonds. The van der Waals surface area contributed by atoms with Crippen molar-refractivity contribution in [2.75, 3.05) is 26.7 Å². The van der Waals surface area contributed by atoms with Gasteiger partial charge in [0.1, 0.15) is 5.82 Å². The van der Waals surface area contributed by atoms with Crippen molar-refractivity contribution in [3.05, 3.63) is 71.5 Å². The molecule has 0 aliphatic carbocycles. The van der Waals surface area contributed by atoms with Crippen LogP contribution in [0, 0.1) is 11.7 Å². The number of benzene rings is 2. The Kier molecular flexibility index (Phi) is 7.92. The summed E-state index contributed by atoms with van der Waals surface area (Å²) in [6, 6.07) is 17.9. The number of likely N-dealkylation sites (tertiary alicyclic amines) is 1. The summed E-state index contributed by atoms with van der Waals surface area (Å²) in [7, 11) is 2.12. The zero-order chi connectivity index (χ0) is 19.3. The Morgan fingerprint density at radius 3 is 2.59 bits per heavy atom. The molecule has 29 heavy (non-hydrogen) atoms. The molecule has 0 radical (unpaired) electrons. The van der Waals surface area contributed by atoms with Gasteiger partial charge < -0.3 is 9.80 Å². The maximum atomic E-state index is 13.2. The highest BCUT2D eigenvalue weighted by Crippen LogP contribution is 2.29. The Morgan fingerprint density at radius 1 is 1.07 bits per heavy atom. The largest absolute Gasteiger partial charge is 0.343 e. The summed E-state index contributed by atoms with van der Waals surface area (Å²) in [6.07, 6.45) is 6.27.